The summed E-state index contributed by atoms with van der Waals surface area (Å²) in [6, 6.07) is 8.53. The highest BCUT2D eigenvalue weighted by Gasteiger charge is 2.27. The Bertz CT molecular complexity index is 505. The van der Waals surface area contributed by atoms with E-state index in [-0.39, 0.29) is 11.5 Å². The van der Waals surface area contributed by atoms with Crippen LogP contribution in [0.4, 0.5) is 5.69 Å². The number of para-hydroxylation sites is 1. The summed E-state index contributed by atoms with van der Waals surface area (Å²) in [4.78, 5) is 6.69. The van der Waals surface area contributed by atoms with Crippen molar-refractivity contribution in [3.8, 4) is 0 Å². The fraction of sp³-hybridized carbons (Fsp3) is 0.588. The summed E-state index contributed by atoms with van der Waals surface area (Å²) >= 11 is 0. The summed E-state index contributed by atoms with van der Waals surface area (Å²) in [5, 5.41) is 3.46. The van der Waals surface area contributed by atoms with E-state index < -0.39 is 0 Å². The SMILES string of the molecule is CN=C(NCC(OC)C(C)(C)C)N1CCc2ccccc21. The van der Waals surface area contributed by atoms with Crippen molar-refractivity contribution in [2.75, 3.05) is 32.1 Å². The molecule has 1 unspecified atom stereocenters. The third-order valence-corrected chi connectivity index (χ3v) is 4.05. The number of rotatable bonds is 3. The van der Waals surface area contributed by atoms with Gasteiger partial charge in [0.05, 0.1) is 6.10 Å². The molecule has 1 aromatic carbocycles. The van der Waals surface area contributed by atoms with Gasteiger partial charge >= 0.3 is 0 Å². The fourth-order valence-electron chi connectivity index (χ4n) is 2.78. The minimum atomic E-state index is 0.101. The zero-order valence-corrected chi connectivity index (χ0v) is 13.8. The lowest BCUT2D eigenvalue weighted by molar-refractivity contribution is 0.0206. The molecule has 1 aliphatic heterocycles. The number of ether oxygens (including phenoxy) is 1. The second-order valence-electron chi connectivity index (χ2n) is 6.55. The number of nitrogens with zero attached hydrogens (tertiary/aromatic N) is 2. The molecule has 0 saturated carbocycles. The first-order valence-corrected chi connectivity index (χ1v) is 7.56. The van der Waals surface area contributed by atoms with Crippen molar-refractivity contribution in [1.82, 2.24) is 5.32 Å². The molecule has 21 heavy (non-hydrogen) atoms. The lowest BCUT2D eigenvalue weighted by atomic mass is 9.89. The molecule has 0 fully saturated rings. The van der Waals surface area contributed by atoms with Gasteiger partial charge in [0.1, 0.15) is 0 Å². The number of hydrogen-bond acceptors (Lipinski definition) is 2. The van der Waals surface area contributed by atoms with Crippen LogP contribution < -0.4 is 10.2 Å². The molecular formula is C17H27N3O. The van der Waals surface area contributed by atoms with E-state index in [1.165, 1.54) is 11.3 Å². The maximum atomic E-state index is 5.61. The molecule has 1 N–H and O–H groups in total. The second-order valence-corrected chi connectivity index (χ2v) is 6.55. The summed E-state index contributed by atoms with van der Waals surface area (Å²) in [5.74, 6) is 0.922. The van der Waals surface area contributed by atoms with Gasteiger partial charge in [0.15, 0.2) is 5.96 Å². The van der Waals surface area contributed by atoms with Gasteiger partial charge in [-0.2, -0.15) is 0 Å². The van der Waals surface area contributed by atoms with Crippen molar-refractivity contribution in [2.24, 2.45) is 10.4 Å². The number of methoxy groups -OCH3 is 1. The van der Waals surface area contributed by atoms with E-state index >= 15 is 0 Å². The largest absolute Gasteiger partial charge is 0.379 e. The van der Waals surface area contributed by atoms with E-state index in [1.54, 1.807) is 7.11 Å². The first-order valence-electron chi connectivity index (χ1n) is 7.56. The Morgan fingerprint density at radius 3 is 2.71 bits per heavy atom. The van der Waals surface area contributed by atoms with Gasteiger partial charge in [-0.15, -0.1) is 0 Å². The van der Waals surface area contributed by atoms with Crippen LogP contribution >= 0.6 is 0 Å². The fourth-order valence-corrected chi connectivity index (χ4v) is 2.78. The van der Waals surface area contributed by atoms with Gasteiger partial charge in [-0.3, -0.25) is 4.99 Å². The number of nitrogens with one attached hydrogen (secondary N) is 1. The van der Waals surface area contributed by atoms with E-state index in [2.05, 4.69) is 60.2 Å². The highest BCUT2D eigenvalue weighted by atomic mass is 16.5. The number of anilines is 1. The van der Waals surface area contributed by atoms with E-state index in [9.17, 15) is 0 Å². The molecule has 4 heteroatoms. The van der Waals surface area contributed by atoms with Gasteiger partial charge in [0.25, 0.3) is 0 Å². The topological polar surface area (TPSA) is 36.9 Å². The van der Waals surface area contributed by atoms with Crippen LogP contribution in [-0.4, -0.2) is 39.3 Å². The van der Waals surface area contributed by atoms with Gasteiger partial charge in [0, 0.05) is 32.9 Å². The van der Waals surface area contributed by atoms with Crippen LogP contribution in [0.2, 0.25) is 0 Å². The molecule has 0 aliphatic carbocycles. The molecule has 0 amide bonds. The monoisotopic (exact) mass is 289 g/mol. The number of benzene rings is 1. The maximum Gasteiger partial charge on any atom is 0.198 e. The zero-order valence-electron chi connectivity index (χ0n) is 13.8. The minimum absolute atomic E-state index is 0.101. The van der Waals surface area contributed by atoms with Crippen molar-refractivity contribution in [3.63, 3.8) is 0 Å². The van der Waals surface area contributed by atoms with Crippen LogP contribution in [0.1, 0.15) is 26.3 Å². The normalized spacial score (nSPS) is 16.8. The molecule has 0 saturated heterocycles. The molecule has 1 aromatic rings. The first-order chi connectivity index (χ1) is 9.97. The molecule has 1 heterocycles. The lowest BCUT2D eigenvalue weighted by Gasteiger charge is -2.31. The molecule has 0 bridgehead atoms. The molecule has 4 nitrogen and oxygen atoms in total. The zero-order chi connectivity index (χ0) is 15.5. The number of hydrogen-bond donors (Lipinski definition) is 1. The van der Waals surface area contributed by atoms with Crippen molar-refractivity contribution in [2.45, 2.75) is 33.3 Å². The molecule has 0 aromatic heterocycles. The molecule has 1 atom stereocenters. The Labute approximate surface area is 128 Å². The van der Waals surface area contributed by atoms with Gasteiger partial charge in [-0.1, -0.05) is 39.0 Å². The number of guanidine groups is 1. The standard InChI is InChI=1S/C17H27N3O/c1-17(2,3)15(21-5)12-19-16(18-4)20-11-10-13-8-6-7-9-14(13)20/h6-9,15H,10-12H2,1-5H3,(H,18,19). The van der Waals surface area contributed by atoms with E-state index in [4.69, 9.17) is 4.74 Å². The van der Waals surface area contributed by atoms with Crippen molar-refractivity contribution in [1.29, 1.82) is 0 Å². The summed E-state index contributed by atoms with van der Waals surface area (Å²) in [6.07, 6.45) is 1.22. The third-order valence-electron chi connectivity index (χ3n) is 4.05. The van der Waals surface area contributed by atoms with Crippen LogP contribution in [0.5, 0.6) is 0 Å². The van der Waals surface area contributed by atoms with Crippen LogP contribution in [0.3, 0.4) is 0 Å². The smallest absolute Gasteiger partial charge is 0.198 e. The van der Waals surface area contributed by atoms with E-state index in [0.29, 0.717) is 0 Å². The number of fused-ring (bicyclic) bond motifs is 1. The maximum absolute atomic E-state index is 5.61. The highest BCUT2D eigenvalue weighted by molar-refractivity contribution is 5.97. The molecular weight excluding hydrogens is 262 g/mol. The molecule has 0 radical (unpaired) electrons. The molecule has 1 aliphatic rings. The lowest BCUT2D eigenvalue weighted by Crippen LogP contribution is -2.46. The predicted octanol–water partition coefficient (Wildman–Crippen LogP) is 2.69. The Hall–Kier alpha value is -1.55. The van der Waals surface area contributed by atoms with Gasteiger partial charge in [-0.25, -0.2) is 0 Å². The summed E-state index contributed by atoms with van der Waals surface area (Å²) in [5.41, 5.74) is 2.75. The highest BCUT2D eigenvalue weighted by Crippen LogP contribution is 2.27. The second kappa shape index (κ2) is 6.48. The van der Waals surface area contributed by atoms with Crippen LogP contribution in [0.15, 0.2) is 29.3 Å². The average Bonchev–Trinajstić information content (AvgIpc) is 2.86. The first kappa shape index (κ1) is 15.8. The van der Waals surface area contributed by atoms with Crippen molar-refractivity contribution < 1.29 is 4.74 Å². The molecule has 2 rings (SSSR count). The van der Waals surface area contributed by atoms with Crippen LogP contribution in [-0.2, 0) is 11.2 Å². The summed E-state index contributed by atoms with van der Waals surface area (Å²) < 4.78 is 5.61. The van der Waals surface area contributed by atoms with Crippen molar-refractivity contribution >= 4 is 11.6 Å². The molecule has 116 valence electrons. The predicted molar refractivity (Wildman–Crippen MR) is 89.1 cm³/mol. The van der Waals surface area contributed by atoms with Crippen LogP contribution in [0, 0.1) is 5.41 Å². The van der Waals surface area contributed by atoms with Crippen molar-refractivity contribution in [3.05, 3.63) is 29.8 Å². The van der Waals surface area contributed by atoms with Gasteiger partial charge < -0.3 is 15.0 Å². The Balaban J connectivity index is 2.06. The Morgan fingerprint density at radius 1 is 1.38 bits per heavy atom. The van der Waals surface area contributed by atoms with E-state index in [1.807, 2.05) is 7.05 Å². The summed E-state index contributed by atoms with van der Waals surface area (Å²) in [6.45, 7) is 8.31. The Kier molecular flexibility index (Phi) is 4.88. The summed E-state index contributed by atoms with van der Waals surface area (Å²) in [7, 11) is 3.60. The quantitative estimate of drug-likeness (QED) is 0.686. The third kappa shape index (κ3) is 3.56. The minimum Gasteiger partial charge on any atom is -0.379 e. The number of aliphatic imine (C=N–C) groups is 1. The average molecular weight is 289 g/mol. The van der Waals surface area contributed by atoms with Crippen LogP contribution in [0.25, 0.3) is 0 Å². The van der Waals surface area contributed by atoms with E-state index in [0.717, 1.165) is 25.5 Å². The van der Waals surface area contributed by atoms with Gasteiger partial charge in [0.2, 0.25) is 0 Å². The van der Waals surface area contributed by atoms with Gasteiger partial charge in [-0.05, 0) is 23.5 Å². The molecule has 0 spiro atoms. The Morgan fingerprint density at radius 2 is 2.10 bits per heavy atom.